The van der Waals surface area contributed by atoms with Crippen molar-refractivity contribution in [1.29, 1.82) is 0 Å². The number of alkyl halides is 2. The van der Waals surface area contributed by atoms with E-state index in [0.29, 0.717) is 31.3 Å². The molecule has 0 atom stereocenters. The molecule has 1 aliphatic rings. The molecule has 0 radical (unpaired) electrons. The number of hydrogen-bond donors (Lipinski definition) is 3. The van der Waals surface area contributed by atoms with E-state index in [2.05, 4.69) is 25.3 Å². The number of carbonyl (C=O) groups excluding carboxylic acids is 1. The summed E-state index contributed by atoms with van der Waals surface area (Å²) in [6.07, 6.45) is 5.56. The number of benzene rings is 1. The summed E-state index contributed by atoms with van der Waals surface area (Å²) in [6.45, 7) is -1.52. The molecule has 1 aromatic carbocycles. The fourth-order valence-electron chi connectivity index (χ4n) is 2.44. The van der Waals surface area contributed by atoms with E-state index in [1.165, 1.54) is 12.4 Å². The molecule has 0 aliphatic heterocycles. The largest absolute Gasteiger partial charge is 0.489 e. The van der Waals surface area contributed by atoms with Crippen LogP contribution in [0, 0.1) is 5.92 Å². The highest BCUT2D eigenvalue weighted by atomic mass is 19.3. The Bertz CT molecular complexity index is 736. The molecule has 27 heavy (non-hydrogen) atoms. The van der Waals surface area contributed by atoms with Crippen molar-refractivity contribution in [3.05, 3.63) is 36.4 Å². The molecule has 0 bridgehead atoms. The average molecular weight is 380 g/mol. The lowest BCUT2D eigenvalue weighted by molar-refractivity contribution is -0.120. The van der Waals surface area contributed by atoms with Crippen molar-refractivity contribution in [3.8, 4) is 11.5 Å². The molecule has 7 nitrogen and oxygen atoms in total. The summed E-state index contributed by atoms with van der Waals surface area (Å²) in [5.74, 6) is 0.681. The minimum Gasteiger partial charge on any atom is -0.489 e. The minimum absolute atomic E-state index is 0.0176. The van der Waals surface area contributed by atoms with E-state index in [1.54, 1.807) is 18.3 Å². The molecule has 0 spiro atoms. The van der Waals surface area contributed by atoms with Crippen LogP contribution in [0.3, 0.4) is 0 Å². The number of imidazole rings is 1. The molecule has 2 aromatic rings. The summed E-state index contributed by atoms with van der Waals surface area (Å²) in [6, 6.07) is 4.72. The minimum atomic E-state index is -2.91. The Morgan fingerprint density at radius 1 is 1.30 bits per heavy atom. The first-order valence-electron chi connectivity index (χ1n) is 8.79. The zero-order valence-electron chi connectivity index (χ0n) is 14.7. The predicted molar refractivity (Wildman–Crippen MR) is 95.1 cm³/mol. The molecule has 1 fully saturated rings. The normalized spacial score (nSPS) is 13.4. The van der Waals surface area contributed by atoms with Crippen LogP contribution in [0.2, 0.25) is 0 Å². The number of aromatic amines is 1. The molecule has 146 valence electrons. The van der Waals surface area contributed by atoms with Gasteiger partial charge in [-0.15, -0.1) is 0 Å². The van der Waals surface area contributed by atoms with Gasteiger partial charge in [0.15, 0.2) is 11.5 Å². The third kappa shape index (κ3) is 6.43. The Morgan fingerprint density at radius 3 is 2.85 bits per heavy atom. The van der Waals surface area contributed by atoms with Gasteiger partial charge in [-0.05, 0) is 30.9 Å². The molecular weight excluding hydrogens is 358 g/mol. The summed E-state index contributed by atoms with van der Waals surface area (Å²) < 4.78 is 35.2. The number of aromatic nitrogens is 2. The number of rotatable bonds is 11. The first-order chi connectivity index (χ1) is 13.1. The van der Waals surface area contributed by atoms with Crippen molar-refractivity contribution < 1.29 is 23.0 Å². The first kappa shape index (κ1) is 18.9. The quantitative estimate of drug-likeness (QED) is 0.522. The molecule has 0 saturated heterocycles. The summed E-state index contributed by atoms with van der Waals surface area (Å²) in [7, 11) is 0. The van der Waals surface area contributed by atoms with E-state index in [0.717, 1.165) is 18.5 Å². The highest BCUT2D eigenvalue weighted by Gasteiger charge is 2.23. The first-order valence-corrected chi connectivity index (χ1v) is 8.79. The van der Waals surface area contributed by atoms with Gasteiger partial charge in [-0.2, -0.15) is 8.78 Å². The number of anilines is 1. The van der Waals surface area contributed by atoms with Crippen molar-refractivity contribution >= 4 is 11.6 Å². The zero-order valence-corrected chi connectivity index (χ0v) is 14.7. The lowest BCUT2D eigenvalue weighted by atomic mass is 10.2. The van der Waals surface area contributed by atoms with Crippen LogP contribution in [-0.4, -0.2) is 42.2 Å². The molecule has 1 aliphatic carbocycles. The Labute approximate surface area is 155 Å². The van der Waals surface area contributed by atoms with Crippen LogP contribution in [0.15, 0.2) is 30.7 Å². The summed E-state index contributed by atoms with van der Waals surface area (Å²) in [5, 5.41) is 5.91. The van der Waals surface area contributed by atoms with Crippen molar-refractivity contribution in [2.45, 2.75) is 25.9 Å². The highest BCUT2D eigenvalue weighted by molar-refractivity contribution is 5.78. The molecule has 3 rings (SSSR count). The Morgan fingerprint density at radius 2 is 2.15 bits per heavy atom. The second-order valence-electron chi connectivity index (χ2n) is 6.32. The van der Waals surface area contributed by atoms with Gasteiger partial charge in [-0.1, -0.05) is 0 Å². The average Bonchev–Trinajstić information content (AvgIpc) is 3.33. The maximum Gasteiger partial charge on any atom is 0.387 e. The van der Waals surface area contributed by atoms with Gasteiger partial charge in [0.25, 0.3) is 0 Å². The molecule has 1 heterocycles. The van der Waals surface area contributed by atoms with Crippen molar-refractivity contribution in [2.75, 3.05) is 25.0 Å². The smallest absolute Gasteiger partial charge is 0.387 e. The van der Waals surface area contributed by atoms with E-state index in [1.807, 2.05) is 0 Å². The van der Waals surface area contributed by atoms with Crippen LogP contribution >= 0.6 is 0 Å². The van der Waals surface area contributed by atoms with Crippen molar-refractivity contribution in [3.63, 3.8) is 0 Å². The van der Waals surface area contributed by atoms with Crippen molar-refractivity contribution in [1.82, 2.24) is 15.3 Å². The predicted octanol–water partition coefficient (Wildman–Crippen LogP) is 2.57. The standard InChI is InChI=1S/C18H22F2N4O3/c19-18(20)27-15-4-3-13(7-16(15)26-10-12-1-2-12)22-5-6-23-17(25)8-14-9-21-11-24-14/h3-4,7,9,11-12,18,22H,1-2,5-6,8,10H2,(H,21,24)(H,23,25). The lowest BCUT2D eigenvalue weighted by Gasteiger charge is -2.14. The van der Waals surface area contributed by atoms with Gasteiger partial charge in [-0.25, -0.2) is 4.98 Å². The molecule has 0 unspecified atom stereocenters. The fraction of sp³-hybridized carbons (Fsp3) is 0.444. The summed E-state index contributed by atoms with van der Waals surface area (Å²) in [5.41, 5.74) is 1.44. The second kappa shape index (κ2) is 9.20. The molecule has 1 saturated carbocycles. The van der Waals surface area contributed by atoms with Gasteiger partial charge in [0.05, 0.1) is 19.4 Å². The van der Waals surface area contributed by atoms with E-state index >= 15 is 0 Å². The number of H-pyrrole nitrogens is 1. The van der Waals surface area contributed by atoms with Gasteiger partial charge < -0.3 is 25.1 Å². The van der Waals surface area contributed by atoms with E-state index in [9.17, 15) is 13.6 Å². The summed E-state index contributed by atoms with van der Waals surface area (Å²) >= 11 is 0. The number of hydrogen-bond acceptors (Lipinski definition) is 5. The van der Waals surface area contributed by atoms with E-state index in [4.69, 9.17) is 4.74 Å². The molecule has 9 heteroatoms. The second-order valence-corrected chi connectivity index (χ2v) is 6.32. The van der Waals surface area contributed by atoms with Crippen LogP contribution in [0.1, 0.15) is 18.5 Å². The summed E-state index contributed by atoms with van der Waals surface area (Å²) in [4.78, 5) is 18.5. The Kier molecular flexibility index (Phi) is 6.45. The highest BCUT2D eigenvalue weighted by Crippen LogP contribution is 2.35. The fourth-order valence-corrected chi connectivity index (χ4v) is 2.44. The van der Waals surface area contributed by atoms with Gasteiger partial charge >= 0.3 is 6.61 Å². The number of amides is 1. The number of nitrogens with zero attached hydrogens (tertiary/aromatic N) is 1. The maximum absolute atomic E-state index is 12.5. The number of carbonyl (C=O) groups is 1. The topological polar surface area (TPSA) is 88.3 Å². The SMILES string of the molecule is O=C(Cc1cnc[nH]1)NCCNc1ccc(OC(F)F)c(OCC2CC2)c1. The van der Waals surface area contributed by atoms with Crippen LogP contribution < -0.4 is 20.1 Å². The van der Waals surface area contributed by atoms with Gasteiger partial charge in [0, 0.05) is 36.7 Å². The molecular formula is C18H22F2N4O3. The van der Waals surface area contributed by atoms with Crippen molar-refractivity contribution in [2.24, 2.45) is 5.92 Å². The molecule has 1 aromatic heterocycles. The Hall–Kier alpha value is -2.84. The molecule has 3 N–H and O–H groups in total. The zero-order chi connectivity index (χ0) is 19.1. The Balaban J connectivity index is 1.46. The van der Waals surface area contributed by atoms with Crippen LogP contribution in [0.4, 0.5) is 14.5 Å². The maximum atomic E-state index is 12.5. The van der Waals surface area contributed by atoms with Gasteiger partial charge in [0.2, 0.25) is 5.91 Å². The third-order valence-electron chi connectivity index (χ3n) is 4.01. The lowest BCUT2D eigenvalue weighted by Crippen LogP contribution is -2.30. The number of halogens is 2. The third-order valence-corrected chi connectivity index (χ3v) is 4.01. The van der Waals surface area contributed by atoms with Crippen LogP contribution in [-0.2, 0) is 11.2 Å². The van der Waals surface area contributed by atoms with E-state index < -0.39 is 6.61 Å². The van der Waals surface area contributed by atoms with Crippen LogP contribution in [0.5, 0.6) is 11.5 Å². The monoisotopic (exact) mass is 380 g/mol. The number of nitrogens with one attached hydrogen (secondary N) is 3. The number of ether oxygens (including phenoxy) is 2. The molecule has 1 amide bonds. The van der Waals surface area contributed by atoms with Gasteiger partial charge in [0.1, 0.15) is 0 Å². The van der Waals surface area contributed by atoms with Gasteiger partial charge in [-0.3, -0.25) is 4.79 Å². The van der Waals surface area contributed by atoms with E-state index in [-0.39, 0.29) is 23.8 Å². The van der Waals surface area contributed by atoms with Crippen LogP contribution in [0.25, 0.3) is 0 Å².